The van der Waals surface area contributed by atoms with Crippen molar-refractivity contribution in [1.82, 2.24) is 10.2 Å². The molecule has 6 heteroatoms. The van der Waals surface area contributed by atoms with Gasteiger partial charge in [-0.25, -0.2) is 0 Å². The zero-order valence-electron chi connectivity index (χ0n) is 11.9. The molecule has 1 aromatic rings. The molecule has 0 saturated heterocycles. The van der Waals surface area contributed by atoms with Gasteiger partial charge in [0.15, 0.2) is 0 Å². The van der Waals surface area contributed by atoms with Crippen molar-refractivity contribution < 1.29 is 20.4 Å². The summed E-state index contributed by atoms with van der Waals surface area (Å²) >= 11 is 0. The Morgan fingerprint density at radius 1 is 1.20 bits per heavy atom. The van der Waals surface area contributed by atoms with Gasteiger partial charge < -0.3 is 20.4 Å². The topological polar surface area (TPSA) is 96.2 Å². The van der Waals surface area contributed by atoms with E-state index in [-0.39, 0.29) is 13.0 Å². The van der Waals surface area contributed by atoms with Crippen molar-refractivity contribution >= 4 is 0 Å². The minimum Gasteiger partial charge on any atom is -0.386 e. The van der Waals surface area contributed by atoms with Gasteiger partial charge in [-0.15, -0.1) is 0 Å². The normalized spacial score (nSPS) is 16.4. The van der Waals surface area contributed by atoms with E-state index in [0.29, 0.717) is 6.54 Å². The van der Waals surface area contributed by atoms with Gasteiger partial charge in [0.2, 0.25) is 6.41 Å². The van der Waals surface area contributed by atoms with E-state index in [2.05, 4.69) is 5.32 Å². The predicted molar refractivity (Wildman–Crippen MR) is 75.4 cm³/mol. The quantitative estimate of drug-likeness (QED) is 0.411. The highest BCUT2D eigenvalue weighted by Gasteiger charge is 2.30. The highest BCUT2D eigenvalue weighted by Crippen LogP contribution is 2.16. The average molecular weight is 284 g/mol. The number of likely N-dealkylation sites (N-methyl/N-ethyl adjacent to an activating group) is 1. The first kappa shape index (κ1) is 17.0. The van der Waals surface area contributed by atoms with Crippen LogP contribution in [0.3, 0.4) is 0 Å². The lowest BCUT2D eigenvalue weighted by Gasteiger charge is -2.32. The van der Waals surface area contributed by atoms with Crippen LogP contribution in [0.4, 0.5) is 0 Å². The van der Waals surface area contributed by atoms with E-state index in [4.69, 9.17) is 0 Å². The molecule has 0 bridgehead atoms. The maximum absolute atomic E-state index is 10.1. The standard InChI is InChI=1S/C14H24N2O4/c1-14(20,12(17)15-2)8-9-16(13(18)19)10-11-6-4-3-5-7-11/h3-7,12-13,15,17-20H,8-10H2,1-2H3. The Morgan fingerprint density at radius 2 is 1.80 bits per heavy atom. The smallest absolute Gasteiger partial charge is 0.213 e. The summed E-state index contributed by atoms with van der Waals surface area (Å²) in [5.74, 6) is 0. The first-order chi connectivity index (χ1) is 9.36. The fraction of sp³-hybridized carbons (Fsp3) is 0.571. The monoisotopic (exact) mass is 284 g/mol. The first-order valence-electron chi connectivity index (χ1n) is 6.58. The van der Waals surface area contributed by atoms with Crippen molar-refractivity contribution in [1.29, 1.82) is 0 Å². The summed E-state index contributed by atoms with van der Waals surface area (Å²) in [7, 11) is 1.54. The molecule has 0 spiro atoms. The number of benzene rings is 1. The predicted octanol–water partition coefficient (Wildman–Crippen LogP) is -0.564. The van der Waals surface area contributed by atoms with Gasteiger partial charge in [-0.05, 0) is 26.0 Å². The summed E-state index contributed by atoms with van der Waals surface area (Å²) in [6.45, 7) is 2.08. The third kappa shape index (κ3) is 5.16. The number of nitrogens with zero attached hydrogens (tertiary/aromatic N) is 1. The molecule has 0 amide bonds. The number of hydrogen-bond donors (Lipinski definition) is 5. The molecule has 0 radical (unpaired) electrons. The highest BCUT2D eigenvalue weighted by molar-refractivity contribution is 5.14. The Hall–Kier alpha value is -1.02. The van der Waals surface area contributed by atoms with Crippen LogP contribution in [0.15, 0.2) is 30.3 Å². The highest BCUT2D eigenvalue weighted by atomic mass is 16.5. The van der Waals surface area contributed by atoms with Gasteiger partial charge in [-0.1, -0.05) is 30.3 Å². The average Bonchev–Trinajstić information content (AvgIpc) is 2.43. The SMILES string of the molecule is CNC(O)C(C)(O)CCN(Cc1ccccc1)C(O)O. The zero-order chi connectivity index (χ0) is 15.2. The number of hydrogen-bond acceptors (Lipinski definition) is 6. The minimum atomic E-state index is -1.61. The van der Waals surface area contributed by atoms with Crippen LogP contribution < -0.4 is 5.32 Å². The van der Waals surface area contributed by atoms with Crippen molar-refractivity contribution in [2.24, 2.45) is 0 Å². The molecule has 5 N–H and O–H groups in total. The fourth-order valence-corrected chi connectivity index (χ4v) is 1.91. The van der Waals surface area contributed by atoms with Crippen LogP contribution in [-0.4, -0.2) is 57.2 Å². The van der Waals surface area contributed by atoms with Crippen LogP contribution in [-0.2, 0) is 6.54 Å². The second-order valence-electron chi connectivity index (χ2n) is 5.10. The van der Waals surface area contributed by atoms with Gasteiger partial charge in [-0.2, -0.15) is 0 Å². The summed E-state index contributed by atoms with van der Waals surface area (Å²) in [6, 6.07) is 9.40. The van der Waals surface area contributed by atoms with E-state index in [1.807, 2.05) is 30.3 Å². The Morgan fingerprint density at radius 3 is 2.30 bits per heavy atom. The number of rotatable bonds is 8. The van der Waals surface area contributed by atoms with Crippen LogP contribution in [0.5, 0.6) is 0 Å². The molecule has 0 fully saturated rings. The van der Waals surface area contributed by atoms with E-state index in [1.54, 1.807) is 7.05 Å². The molecule has 114 valence electrons. The molecule has 0 aliphatic rings. The van der Waals surface area contributed by atoms with Gasteiger partial charge in [0.1, 0.15) is 11.8 Å². The van der Waals surface area contributed by atoms with Gasteiger partial charge in [-0.3, -0.25) is 10.2 Å². The molecule has 0 aliphatic heterocycles. The minimum absolute atomic E-state index is 0.194. The molecular weight excluding hydrogens is 260 g/mol. The van der Waals surface area contributed by atoms with Crippen LogP contribution in [0, 0.1) is 0 Å². The number of aliphatic hydroxyl groups is 4. The summed E-state index contributed by atoms with van der Waals surface area (Å²) < 4.78 is 0. The number of nitrogens with one attached hydrogen (secondary N) is 1. The molecule has 2 atom stereocenters. The third-order valence-electron chi connectivity index (χ3n) is 3.32. The lowest BCUT2D eigenvalue weighted by molar-refractivity contribution is -0.167. The third-order valence-corrected chi connectivity index (χ3v) is 3.32. The number of aliphatic hydroxyl groups excluding tert-OH is 2. The second-order valence-corrected chi connectivity index (χ2v) is 5.10. The Labute approximate surface area is 119 Å². The second kappa shape index (κ2) is 7.68. The molecule has 0 saturated carbocycles. The molecule has 6 nitrogen and oxygen atoms in total. The Balaban J connectivity index is 2.60. The molecule has 1 rings (SSSR count). The van der Waals surface area contributed by atoms with Crippen molar-refractivity contribution in [2.45, 2.75) is 38.1 Å². The fourth-order valence-electron chi connectivity index (χ4n) is 1.91. The molecule has 1 aromatic carbocycles. The van der Waals surface area contributed by atoms with Gasteiger partial charge in [0.25, 0.3) is 0 Å². The zero-order valence-corrected chi connectivity index (χ0v) is 11.9. The van der Waals surface area contributed by atoms with Crippen molar-refractivity contribution in [3.63, 3.8) is 0 Å². The lowest BCUT2D eigenvalue weighted by atomic mass is 10.00. The van der Waals surface area contributed by atoms with Crippen LogP contribution in [0.1, 0.15) is 18.9 Å². The van der Waals surface area contributed by atoms with Crippen molar-refractivity contribution in [3.8, 4) is 0 Å². The van der Waals surface area contributed by atoms with Gasteiger partial charge >= 0.3 is 0 Å². The molecule has 0 heterocycles. The van der Waals surface area contributed by atoms with E-state index in [9.17, 15) is 20.4 Å². The van der Waals surface area contributed by atoms with E-state index < -0.39 is 18.2 Å². The van der Waals surface area contributed by atoms with E-state index in [0.717, 1.165) is 5.56 Å². The van der Waals surface area contributed by atoms with Crippen LogP contribution in [0.25, 0.3) is 0 Å². The van der Waals surface area contributed by atoms with Crippen molar-refractivity contribution in [3.05, 3.63) is 35.9 Å². The van der Waals surface area contributed by atoms with Crippen molar-refractivity contribution in [2.75, 3.05) is 13.6 Å². The molecule has 0 aromatic heterocycles. The molecule has 0 aliphatic carbocycles. The summed E-state index contributed by atoms with van der Waals surface area (Å²) in [4.78, 5) is 1.41. The van der Waals surface area contributed by atoms with Gasteiger partial charge in [0.05, 0.1) is 0 Å². The summed E-state index contributed by atoms with van der Waals surface area (Å²) in [5, 5.41) is 41.0. The first-order valence-corrected chi connectivity index (χ1v) is 6.58. The molecule has 20 heavy (non-hydrogen) atoms. The summed E-state index contributed by atoms with van der Waals surface area (Å²) in [5.41, 5.74) is -0.409. The maximum atomic E-state index is 10.1. The summed E-state index contributed by atoms with van der Waals surface area (Å²) in [6.07, 6.45) is -2.49. The largest absolute Gasteiger partial charge is 0.386 e. The van der Waals surface area contributed by atoms with E-state index in [1.165, 1.54) is 11.8 Å². The van der Waals surface area contributed by atoms with Crippen LogP contribution >= 0.6 is 0 Å². The van der Waals surface area contributed by atoms with Crippen LogP contribution in [0.2, 0.25) is 0 Å². The Kier molecular flexibility index (Phi) is 6.54. The Bertz CT molecular complexity index is 384. The lowest BCUT2D eigenvalue weighted by Crippen LogP contribution is -2.49. The molecular formula is C14H24N2O4. The maximum Gasteiger partial charge on any atom is 0.213 e. The molecule has 2 unspecified atom stereocenters. The van der Waals surface area contributed by atoms with Gasteiger partial charge in [0, 0.05) is 13.1 Å². The van der Waals surface area contributed by atoms with E-state index >= 15 is 0 Å².